The van der Waals surface area contributed by atoms with E-state index in [1.807, 2.05) is 42.5 Å². The number of phenolic OH excluding ortho intramolecular Hbond substituents is 1. The Balaban J connectivity index is 1.68. The highest BCUT2D eigenvalue weighted by atomic mass is 16.3. The van der Waals surface area contributed by atoms with Crippen LogP contribution in [-0.2, 0) is 17.6 Å². The highest BCUT2D eigenvalue weighted by molar-refractivity contribution is 5.88. The van der Waals surface area contributed by atoms with Gasteiger partial charge in [-0.3, -0.25) is 0 Å². The quantitative estimate of drug-likeness (QED) is 0.501. The highest BCUT2D eigenvalue weighted by Gasteiger charge is 2.14. The van der Waals surface area contributed by atoms with Crippen LogP contribution < -0.4 is 0 Å². The molecule has 1 N–H and O–H groups in total. The summed E-state index contributed by atoms with van der Waals surface area (Å²) in [7, 11) is 0. The first-order chi connectivity index (χ1) is 12.7. The van der Waals surface area contributed by atoms with Gasteiger partial charge >= 0.3 is 0 Å². The molecule has 4 aromatic carbocycles. The fourth-order valence-electron chi connectivity index (χ4n) is 3.75. The molecule has 0 spiro atoms. The Labute approximate surface area is 152 Å². The summed E-state index contributed by atoms with van der Waals surface area (Å²) >= 11 is 0. The monoisotopic (exact) mass is 340 g/mol. The van der Waals surface area contributed by atoms with E-state index in [1.54, 1.807) is 12.1 Å². The fourth-order valence-corrected chi connectivity index (χ4v) is 3.75. The molecule has 0 saturated heterocycles. The number of carbonyl (C=O) groups is 1. The Morgan fingerprint density at radius 1 is 0.731 bits per heavy atom. The molecule has 0 aliphatic carbocycles. The van der Waals surface area contributed by atoms with Gasteiger partial charge in [0.15, 0.2) is 0 Å². The van der Waals surface area contributed by atoms with Gasteiger partial charge in [-0.2, -0.15) is 0 Å². The summed E-state index contributed by atoms with van der Waals surface area (Å²) in [4.78, 5) is 11.8. The van der Waals surface area contributed by atoms with E-state index in [-0.39, 0.29) is 11.7 Å². The average Bonchev–Trinajstić information content (AvgIpc) is 2.67. The molecule has 0 aliphatic rings. The first kappa shape index (κ1) is 16.3. The van der Waals surface area contributed by atoms with Crippen LogP contribution in [0.15, 0.2) is 78.9 Å². The second kappa shape index (κ2) is 7.01. The minimum atomic E-state index is -0.133. The zero-order chi connectivity index (χ0) is 17.9. The SMILES string of the molecule is O=CC(Cc1cccc2ccccc12)Cc1cc(O)cc2ccccc12. The van der Waals surface area contributed by atoms with Gasteiger partial charge in [-0.25, -0.2) is 0 Å². The number of benzene rings is 4. The first-order valence-electron chi connectivity index (χ1n) is 8.87. The van der Waals surface area contributed by atoms with Gasteiger partial charge in [-0.15, -0.1) is 0 Å². The number of rotatable bonds is 5. The van der Waals surface area contributed by atoms with Crippen LogP contribution in [0.5, 0.6) is 5.75 Å². The zero-order valence-electron chi connectivity index (χ0n) is 14.4. The molecule has 26 heavy (non-hydrogen) atoms. The third kappa shape index (κ3) is 3.18. The molecule has 2 heteroatoms. The number of hydrogen-bond acceptors (Lipinski definition) is 2. The Morgan fingerprint density at radius 2 is 1.35 bits per heavy atom. The van der Waals surface area contributed by atoms with Crippen molar-refractivity contribution in [2.75, 3.05) is 0 Å². The standard InChI is InChI=1S/C24H20O2/c25-16-17(12-19-9-5-8-18-6-1-3-10-23(18)19)13-21-15-22(26)14-20-7-2-4-11-24(20)21/h1-11,14-17,26H,12-13H2. The number of hydrogen-bond donors (Lipinski definition) is 1. The number of phenols is 1. The molecule has 0 radical (unpaired) electrons. The molecular formula is C24H20O2. The Bertz CT molecular complexity index is 1080. The molecule has 0 heterocycles. The Morgan fingerprint density at radius 3 is 2.12 bits per heavy atom. The van der Waals surface area contributed by atoms with Crippen LogP contribution in [0.2, 0.25) is 0 Å². The van der Waals surface area contributed by atoms with Crippen LogP contribution in [0.4, 0.5) is 0 Å². The lowest BCUT2D eigenvalue weighted by atomic mass is 9.89. The summed E-state index contributed by atoms with van der Waals surface area (Å²) in [6.45, 7) is 0. The third-order valence-electron chi connectivity index (χ3n) is 4.97. The second-order valence-electron chi connectivity index (χ2n) is 6.77. The molecule has 0 bridgehead atoms. The lowest BCUT2D eigenvalue weighted by Crippen LogP contribution is -2.10. The van der Waals surface area contributed by atoms with Gasteiger partial charge in [0.2, 0.25) is 0 Å². The van der Waals surface area contributed by atoms with Crippen LogP contribution in [0.1, 0.15) is 11.1 Å². The largest absolute Gasteiger partial charge is 0.508 e. The number of carbonyl (C=O) groups excluding carboxylic acids is 1. The number of fused-ring (bicyclic) bond motifs is 2. The predicted molar refractivity (Wildman–Crippen MR) is 107 cm³/mol. The van der Waals surface area contributed by atoms with Crippen LogP contribution in [0.25, 0.3) is 21.5 Å². The van der Waals surface area contributed by atoms with Crippen molar-refractivity contribution in [1.82, 2.24) is 0 Å². The van der Waals surface area contributed by atoms with E-state index < -0.39 is 0 Å². The summed E-state index contributed by atoms with van der Waals surface area (Å²) < 4.78 is 0. The molecule has 0 saturated carbocycles. The van der Waals surface area contributed by atoms with Gasteiger partial charge in [0, 0.05) is 5.92 Å². The summed E-state index contributed by atoms with van der Waals surface area (Å²) in [5.74, 6) is 0.111. The zero-order valence-corrected chi connectivity index (χ0v) is 14.4. The lowest BCUT2D eigenvalue weighted by Gasteiger charge is -2.15. The topological polar surface area (TPSA) is 37.3 Å². The molecule has 1 unspecified atom stereocenters. The van der Waals surface area contributed by atoms with Gasteiger partial charge < -0.3 is 9.90 Å². The summed E-state index contributed by atoms with van der Waals surface area (Å²) in [6.07, 6.45) is 2.34. The fraction of sp³-hybridized carbons (Fsp3) is 0.125. The molecule has 0 amide bonds. The Hall–Kier alpha value is -3.13. The van der Waals surface area contributed by atoms with Gasteiger partial charge in [0.05, 0.1) is 0 Å². The van der Waals surface area contributed by atoms with Crippen molar-refractivity contribution in [3.63, 3.8) is 0 Å². The van der Waals surface area contributed by atoms with Crippen molar-refractivity contribution < 1.29 is 9.90 Å². The molecular weight excluding hydrogens is 320 g/mol. The number of aldehydes is 1. The predicted octanol–water partition coefficient (Wildman–Crippen LogP) is 5.30. The maximum atomic E-state index is 11.8. The van der Waals surface area contributed by atoms with E-state index >= 15 is 0 Å². The maximum Gasteiger partial charge on any atom is 0.123 e. The molecule has 0 fully saturated rings. The number of aromatic hydroxyl groups is 1. The van der Waals surface area contributed by atoms with Crippen molar-refractivity contribution in [3.8, 4) is 5.75 Å². The molecule has 4 rings (SSSR count). The molecule has 128 valence electrons. The van der Waals surface area contributed by atoms with Gasteiger partial charge in [-0.05, 0) is 57.6 Å². The lowest BCUT2D eigenvalue weighted by molar-refractivity contribution is -0.111. The van der Waals surface area contributed by atoms with Crippen molar-refractivity contribution in [2.45, 2.75) is 12.8 Å². The van der Waals surface area contributed by atoms with E-state index in [0.717, 1.165) is 22.6 Å². The van der Waals surface area contributed by atoms with Crippen LogP contribution >= 0.6 is 0 Å². The van der Waals surface area contributed by atoms with E-state index in [1.165, 1.54) is 16.3 Å². The third-order valence-corrected chi connectivity index (χ3v) is 4.97. The molecule has 0 aromatic heterocycles. The highest BCUT2D eigenvalue weighted by Crippen LogP contribution is 2.28. The normalized spacial score (nSPS) is 12.3. The van der Waals surface area contributed by atoms with Crippen LogP contribution in [-0.4, -0.2) is 11.4 Å². The maximum absolute atomic E-state index is 11.8. The van der Waals surface area contributed by atoms with E-state index in [0.29, 0.717) is 12.8 Å². The van der Waals surface area contributed by atoms with E-state index in [9.17, 15) is 9.90 Å². The van der Waals surface area contributed by atoms with Crippen molar-refractivity contribution in [3.05, 3.63) is 90.0 Å². The van der Waals surface area contributed by atoms with Gasteiger partial charge in [0.1, 0.15) is 12.0 Å². The van der Waals surface area contributed by atoms with Crippen molar-refractivity contribution >= 4 is 27.8 Å². The Kier molecular flexibility index (Phi) is 4.40. The van der Waals surface area contributed by atoms with E-state index in [2.05, 4.69) is 24.3 Å². The van der Waals surface area contributed by atoms with Gasteiger partial charge in [-0.1, -0.05) is 66.7 Å². The van der Waals surface area contributed by atoms with E-state index in [4.69, 9.17) is 0 Å². The minimum absolute atomic E-state index is 0.133. The van der Waals surface area contributed by atoms with Crippen LogP contribution in [0.3, 0.4) is 0 Å². The van der Waals surface area contributed by atoms with Crippen molar-refractivity contribution in [2.24, 2.45) is 5.92 Å². The first-order valence-corrected chi connectivity index (χ1v) is 8.87. The molecule has 0 aliphatic heterocycles. The summed E-state index contributed by atoms with van der Waals surface area (Å²) in [5.41, 5.74) is 2.20. The minimum Gasteiger partial charge on any atom is -0.508 e. The summed E-state index contributed by atoms with van der Waals surface area (Å²) in [6, 6.07) is 26.0. The van der Waals surface area contributed by atoms with Gasteiger partial charge in [0.25, 0.3) is 0 Å². The smallest absolute Gasteiger partial charge is 0.123 e. The molecule has 4 aromatic rings. The van der Waals surface area contributed by atoms with Crippen LogP contribution in [0, 0.1) is 5.92 Å². The molecule has 2 nitrogen and oxygen atoms in total. The molecule has 1 atom stereocenters. The van der Waals surface area contributed by atoms with Crippen molar-refractivity contribution in [1.29, 1.82) is 0 Å². The average molecular weight is 340 g/mol. The second-order valence-corrected chi connectivity index (χ2v) is 6.77. The summed E-state index contributed by atoms with van der Waals surface area (Å²) in [5, 5.41) is 14.5.